The first-order valence-corrected chi connectivity index (χ1v) is 6.02. The van der Waals surface area contributed by atoms with Crippen molar-refractivity contribution < 1.29 is 5.11 Å². The van der Waals surface area contributed by atoms with Crippen molar-refractivity contribution in [1.29, 1.82) is 0 Å². The zero-order valence-corrected chi connectivity index (χ0v) is 8.60. The van der Waals surface area contributed by atoms with Crippen LogP contribution in [0.3, 0.4) is 0 Å². The van der Waals surface area contributed by atoms with Gasteiger partial charge in [-0.1, -0.05) is 38.5 Å². The molecule has 1 spiro atoms. The summed E-state index contributed by atoms with van der Waals surface area (Å²) in [6.45, 7) is 0. The van der Waals surface area contributed by atoms with Gasteiger partial charge in [-0.15, -0.1) is 0 Å². The Labute approximate surface area is 81.5 Å². The lowest BCUT2D eigenvalue weighted by Gasteiger charge is -2.40. The highest BCUT2D eigenvalue weighted by molar-refractivity contribution is 4.90. The van der Waals surface area contributed by atoms with Gasteiger partial charge in [0.2, 0.25) is 0 Å². The second-order valence-corrected chi connectivity index (χ2v) is 5.04. The summed E-state index contributed by atoms with van der Waals surface area (Å²) in [5, 5.41) is 10.2. The Bertz CT molecular complexity index is 159. The van der Waals surface area contributed by atoms with Crippen LogP contribution in [0.15, 0.2) is 0 Å². The lowest BCUT2D eigenvalue weighted by Crippen LogP contribution is -2.36. The third kappa shape index (κ3) is 1.90. The van der Waals surface area contributed by atoms with Crippen LogP contribution in [0.2, 0.25) is 0 Å². The van der Waals surface area contributed by atoms with Gasteiger partial charge in [-0.05, 0) is 31.1 Å². The molecule has 2 fully saturated rings. The maximum absolute atomic E-state index is 10.2. The molecular weight excluding hydrogens is 160 g/mol. The van der Waals surface area contributed by atoms with Gasteiger partial charge in [0.1, 0.15) is 0 Å². The molecule has 2 saturated carbocycles. The molecule has 0 aromatic heterocycles. The topological polar surface area (TPSA) is 20.2 Å². The molecule has 76 valence electrons. The van der Waals surface area contributed by atoms with Crippen molar-refractivity contribution in [3.8, 4) is 0 Å². The van der Waals surface area contributed by atoms with Crippen LogP contribution < -0.4 is 0 Å². The lowest BCUT2D eigenvalue weighted by molar-refractivity contribution is -0.00920. The molecule has 2 aliphatic rings. The van der Waals surface area contributed by atoms with Crippen molar-refractivity contribution in [3.63, 3.8) is 0 Å². The molecule has 1 N–H and O–H groups in total. The number of hydrogen-bond donors (Lipinski definition) is 1. The zero-order valence-electron chi connectivity index (χ0n) is 8.60. The van der Waals surface area contributed by atoms with Gasteiger partial charge in [-0.25, -0.2) is 0 Å². The predicted molar refractivity (Wildman–Crippen MR) is 54.6 cm³/mol. The highest BCUT2D eigenvalue weighted by atomic mass is 16.3. The molecule has 1 nitrogen and oxygen atoms in total. The van der Waals surface area contributed by atoms with Crippen molar-refractivity contribution in [2.75, 3.05) is 0 Å². The predicted octanol–water partition coefficient (Wildman–Crippen LogP) is 3.26. The van der Waals surface area contributed by atoms with Crippen molar-refractivity contribution in [1.82, 2.24) is 0 Å². The first kappa shape index (κ1) is 9.51. The Hall–Kier alpha value is -0.0400. The van der Waals surface area contributed by atoms with E-state index in [-0.39, 0.29) is 6.10 Å². The molecule has 1 heteroatoms. The van der Waals surface area contributed by atoms with E-state index in [4.69, 9.17) is 0 Å². The molecular formula is C12H22O. The molecule has 2 rings (SSSR count). The summed E-state index contributed by atoms with van der Waals surface area (Å²) in [5.74, 6) is 0. The Balaban J connectivity index is 2.06. The van der Waals surface area contributed by atoms with E-state index in [1.807, 2.05) is 0 Å². The summed E-state index contributed by atoms with van der Waals surface area (Å²) >= 11 is 0. The van der Waals surface area contributed by atoms with Crippen molar-refractivity contribution in [2.45, 2.75) is 70.3 Å². The second kappa shape index (κ2) is 4.00. The average Bonchev–Trinajstić information content (AvgIpc) is 2.33. The number of aliphatic hydroxyl groups excluding tert-OH is 1. The fraction of sp³-hybridized carbons (Fsp3) is 1.00. The van der Waals surface area contributed by atoms with Gasteiger partial charge in [0.25, 0.3) is 0 Å². The van der Waals surface area contributed by atoms with E-state index in [1.165, 1.54) is 57.8 Å². The van der Waals surface area contributed by atoms with Crippen LogP contribution in [0.25, 0.3) is 0 Å². The first-order chi connectivity index (χ1) is 6.33. The Morgan fingerprint density at radius 2 is 1.31 bits per heavy atom. The molecule has 0 heterocycles. The third-order valence-corrected chi connectivity index (χ3v) is 4.21. The third-order valence-electron chi connectivity index (χ3n) is 4.21. The largest absolute Gasteiger partial charge is 0.393 e. The van der Waals surface area contributed by atoms with E-state index in [1.54, 1.807) is 0 Å². The van der Waals surface area contributed by atoms with Gasteiger partial charge in [0.05, 0.1) is 6.10 Å². The van der Waals surface area contributed by atoms with Crippen LogP contribution in [0.4, 0.5) is 0 Å². The van der Waals surface area contributed by atoms with Crippen LogP contribution in [0.5, 0.6) is 0 Å². The fourth-order valence-corrected chi connectivity index (χ4v) is 3.30. The Morgan fingerprint density at radius 1 is 0.769 bits per heavy atom. The van der Waals surface area contributed by atoms with Crippen molar-refractivity contribution in [2.24, 2.45) is 5.41 Å². The minimum absolute atomic E-state index is 0.0234. The average molecular weight is 182 g/mol. The molecule has 0 aliphatic heterocycles. The number of hydrogen-bond acceptors (Lipinski definition) is 1. The van der Waals surface area contributed by atoms with Gasteiger partial charge >= 0.3 is 0 Å². The summed E-state index contributed by atoms with van der Waals surface area (Å²) in [6, 6.07) is 0. The van der Waals surface area contributed by atoms with Crippen LogP contribution in [0, 0.1) is 5.41 Å². The van der Waals surface area contributed by atoms with E-state index in [0.717, 1.165) is 6.42 Å². The summed E-state index contributed by atoms with van der Waals surface area (Å²) in [6.07, 6.45) is 13.1. The van der Waals surface area contributed by atoms with Crippen LogP contribution in [0.1, 0.15) is 64.2 Å². The molecule has 0 aromatic carbocycles. The fourth-order valence-electron chi connectivity index (χ4n) is 3.30. The van der Waals surface area contributed by atoms with E-state index in [9.17, 15) is 5.11 Å². The maximum atomic E-state index is 10.2. The van der Waals surface area contributed by atoms with Crippen molar-refractivity contribution in [3.05, 3.63) is 0 Å². The number of rotatable bonds is 0. The molecule has 13 heavy (non-hydrogen) atoms. The normalized spacial score (nSPS) is 34.4. The smallest absolute Gasteiger partial charge is 0.0596 e. The molecule has 0 bridgehead atoms. The van der Waals surface area contributed by atoms with Gasteiger partial charge in [-0.3, -0.25) is 0 Å². The quantitative estimate of drug-likeness (QED) is 0.609. The highest BCUT2D eigenvalue weighted by Gasteiger charge is 2.38. The monoisotopic (exact) mass is 182 g/mol. The summed E-state index contributed by atoms with van der Waals surface area (Å²) in [4.78, 5) is 0. The highest BCUT2D eigenvalue weighted by Crippen LogP contribution is 2.46. The molecule has 2 aliphatic carbocycles. The minimum Gasteiger partial charge on any atom is -0.393 e. The zero-order chi connectivity index (χ0) is 9.15. The number of aliphatic hydroxyl groups is 1. The molecule has 0 unspecified atom stereocenters. The lowest BCUT2D eigenvalue weighted by atomic mass is 9.68. The van der Waals surface area contributed by atoms with E-state index in [0.29, 0.717) is 5.41 Å². The Morgan fingerprint density at radius 3 is 1.92 bits per heavy atom. The van der Waals surface area contributed by atoms with E-state index in [2.05, 4.69) is 0 Å². The van der Waals surface area contributed by atoms with Crippen LogP contribution >= 0.6 is 0 Å². The minimum atomic E-state index is 0.0234. The Kier molecular flexibility index (Phi) is 2.92. The SMILES string of the molecule is O[C@@H]1CCCCCC12CCCCC2. The molecule has 0 saturated heterocycles. The van der Waals surface area contributed by atoms with E-state index < -0.39 is 0 Å². The summed E-state index contributed by atoms with van der Waals surface area (Å²) in [7, 11) is 0. The molecule has 1 atom stereocenters. The van der Waals surface area contributed by atoms with Crippen LogP contribution in [-0.4, -0.2) is 11.2 Å². The van der Waals surface area contributed by atoms with Crippen LogP contribution in [-0.2, 0) is 0 Å². The second-order valence-electron chi connectivity index (χ2n) is 5.04. The summed E-state index contributed by atoms with van der Waals surface area (Å²) < 4.78 is 0. The van der Waals surface area contributed by atoms with Gasteiger partial charge in [-0.2, -0.15) is 0 Å². The van der Waals surface area contributed by atoms with Gasteiger partial charge in [0.15, 0.2) is 0 Å². The molecule has 0 aromatic rings. The van der Waals surface area contributed by atoms with Gasteiger partial charge in [0, 0.05) is 0 Å². The summed E-state index contributed by atoms with van der Waals surface area (Å²) in [5.41, 5.74) is 0.356. The maximum Gasteiger partial charge on any atom is 0.0596 e. The van der Waals surface area contributed by atoms with Gasteiger partial charge < -0.3 is 5.11 Å². The first-order valence-electron chi connectivity index (χ1n) is 6.02. The van der Waals surface area contributed by atoms with E-state index >= 15 is 0 Å². The molecule has 0 amide bonds. The standard InChI is InChI=1S/C12H22O/c13-11-7-3-1-4-8-12(11)9-5-2-6-10-12/h11,13H,1-10H2/t11-/m1/s1. The van der Waals surface area contributed by atoms with Crippen molar-refractivity contribution >= 4 is 0 Å². The molecule has 0 radical (unpaired) electrons.